The Labute approximate surface area is 95.0 Å². The van der Waals surface area contributed by atoms with E-state index in [9.17, 15) is 9.90 Å². The third-order valence-electron chi connectivity index (χ3n) is 3.23. The highest BCUT2D eigenvalue weighted by atomic mass is 16.5. The summed E-state index contributed by atoms with van der Waals surface area (Å²) in [5, 5.41) is 10.1. The highest BCUT2D eigenvalue weighted by Crippen LogP contribution is 2.35. The largest absolute Gasteiger partial charge is 0.469 e. The molecule has 16 heavy (non-hydrogen) atoms. The van der Waals surface area contributed by atoms with Gasteiger partial charge in [-0.3, -0.25) is 4.79 Å². The van der Waals surface area contributed by atoms with Gasteiger partial charge in [-0.2, -0.15) is 0 Å². The normalized spacial score (nSPS) is 23.7. The third kappa shape index (κ3) is 1.83. The minimum atomic E-state index is -0.725. The van der Waals surface area contributed by atoms with Crippen molar-refractivity contribution in [3.8, 4) is 0 Å². The molecule has 3 heteroatoms. The van der Waals surface area contributed by atoms with Gasteiger partial charge < -0.3 is 9.84 Å². The number of esters is 1. The lowest BCUT2D eigenvalue weighted by atomic mass is 9.81. The van der Waals surface area contributed by atoms with E-state index in [0.717, 1.165) is 17.5 Å². The van der Waals surface area contributed by atoms with Crippen molar-refractivity contribution in [1.82, 2.24) is 0 Å². The van der Waals surface area contributed by atoms with E-state index in [2.05, 4.69) is 6.07 Å². The van der Waals surface area contributed by atoms with E-state index >= 15 is 0 Å². The van der Waals surface area contributed by atoms with E-state index < -0.39 is 12.0 Å². The molecule has 2 rings (SSSR count). The first-order valence-electron chi connectivity index (χ1n) is 5.49. The molecule has 1 aliphatic rings. The topological polar surface area (TPSA) is 46.5 Å². The van der Waals surface area contributed by atoms with Gasteiger partial charge in [-0.15, -0.1) is 0 Å². The van der Waals surface area contributed by atoms with Crippen LogP contribution in [0, 0.1) is 12.8 Å². The Kier molecular flexibility index (Phi) is 2.97. The van der Waals surface area contributed by atoms with Gasteiger partial charge in [-0.05, 0) is 30.9 Å². The van der Waals surface area contributed by atoms with Crippen LogP contribution in [0.15, 0.2) is 18.2 Å². The lowest BCUT2D eigenvalue weighted by Gasteiger charge is -2.28. The molecule has 0 radical (unpaired) electrons. The summed E-state index contributed by atoms with van der Waals surface area (Å²) in [5.74, 6) is -0.737. The number of aryl methyl sites for hydroxylation is 2. The summed E-state index contributed by atoms with van der Waals surface area (Å²) in [6, 6.07) is 5.94. The predicted molar refractivity (Wildman–Crippen MR) is 60.0 cm³/mol. The average Bonchev–Trinajstić information content (AvgIpc) is 2.28. The first-order valence-corrected chi connectivity index (χ1v) is 5.49. The smallest absolute Gasteiger partial charge is 0.311 e. The zero-order chi connectivity index (χ0) is 11.7. The van der Waals surface area contributed by atoms with E-state index in [4.69, 9.17) is 4.74 Å². The highest BCUT2D eigenvalue weighted by Gasteiger charge is 2.33. The minimum absolute atomic E-state index is 0.321. The van der Waals surface area contributed by atoms with Crippen LogP contribution in [0.2, 0.25) is 0 Å². The van der Waals surface area contributed by atoms with Gasteiger partial charge in [0.05, 0.1) is 19.1 Å². The first kappa shape index (κ1) is 11.1. The second-order valence-corrected chi connectivity index (χ2v) is 4.32. The molecule has 1 N–H and O–H groups in total. The second-order valence-electron chi connectivity index (χ2n) is 4.32. The van der Waals surface area contributed by atoms with Crippen molar-refractivity contribution in [2.75, 3.05) is 7.11 Å². The van der Waals surface area contributed by atoms with Crippen LogP contribution in [-0.2, 0) is 16.0 Å². The number of carbonyl (C=O) groups excluding carboxylic acids is 1. The highest BCUT2D eigenvalue weighted by molar-refractivity contribution is 5.73. The molecule has 0 bridgehead atoms. The molecule has 86 valence electrons. The van der Waals surface area contributed by atoms with Gasteiger partial charge in [-0.1, -0.05) is 23.8 Å². The Hall–Kier alpha value is -1.35. The van der Waals surface area contributed by atoms with Crippen LogP contribution in [0.1, 0.15) is 29.2 Å². The van der Waals surface area contributed by atoms with Gasteiger partial charge in [0.2, 0.25) is 0 Å². The predicted octanol–water partition coefficient (Wildman–Crippen LogP) is 1.76. The first-order chi connectivity index (χ1) is 7.63. The maximum absolute atomic E-state index is 11.5. The number of hydrogen-bond donors (Lipinski definition) is 1. The molecule has 0 heterocycles. The number of ether oxygens (including phenoxy) is 1. The fraction of sp³-hybridized carbons (Fsp3) is 0.462. The molecule has 0 saturated carbocycles. The van der Waals surface area contributed by atoms with Gasteiger partial charge in [0.1, 0.15) is 0 Å². The molecular formula is C13H16O3. The van der Waals surface area contributed by atoms with E-state index in [1.165, 1.54) is 12.7 Å². The van der Waals surface area contributed by atoms with Gasteiger partial charge in [-0.25, -0.2) is 0 Å². The standard InChI is InChI=1S/C13H16O3/c1-8-3-5-10-9(7-8)4-6-11(12(10)14)13(15)16-2/h3,5,7,11-12,14H,4,6H2,1-2H3. The van der Waals surface area contributed by atoms with Crippen molar-refractivity contribution in [2.45, 2.75) is 25.9 Å². The van der Waals surface area contributed by atoms with Crippen LogP contribution in [0.25, 0.3) is 0 Å². The summed E-state index contributed by atoms with van der Waals surface area (Å²) in [7, 11) is 1.36. The van der Waals surface area contributed by atoms with Crippen molar-refractivity contribution in [2.24, 2.45) is 5.92 Å². The van der Waals surface area contributed by atoms with Crippen LogP contribution >= 0.6 is 0 Å². The molecule has 0 fully saturated rings. The Bertz CT molecular complexity index is 412. The molecule has 0 amide bonds. The summed E-state index contributed by atoms with van der Waals surface area (Å²) in [6.45, 7) is 2.03. The molecule has 1 aliphatic carbocycles. The van der Waals surface area contributed by atoms with Crippen LogP contribution in [0.4, 0.5) is 0 Å². The van der Waals surface area contributed by atoms with Crippen molar-refractivity contribution in [1.29, 1.82) is 0 Å². The summed E-state index contributed by atoms with van der Waals surface area (Å²) in [4.78, 5) is 11.5. The molecule has 0 aliphatic heterocycles. The van der Waals surface area contributed by atoms with Crippen LogP contribution in [-0.4, -0.2) is 18.2 Å². The molecule has 0 saturated heterocycles. The third-order valence-corrected chi connectivity index (χ3v) is 3.23. The van der Waals surface area contributed by atoms with Gasteiger partial charge in [0.25, 0.3) is 0 Å². The van der Waals surface area contributed by atoms with Crippen LogP contribution in [0.3, 0.4) is 0 Å². The maximum atomic E-state index is 11.5. The monoisotopic (exact) mass is 220 g/mol. The Morgan fingerprint density at radius 2 is 2.25 bits per heavy atom. The summed E-state index contributed by atoms with van der Waals surface area (Å²) in [6.07, 6.45) is 0.759. The van der Waals surface area contributed by atoms with Crippen molar-refractivity contribution < 1.29 is 14.6 Å². The lowest BCUT2D eigenvalue weighted by Crippen LogP contribution is -2.28. The Morgan fingerprint density at radius 3 is 2.94 bits per heavy atom. The van der Waals surface area contributed by atoms with Crippen molar-refractivity contribution >= 4 is 5.97 Å². The fourth-order valence-electron chi connectivity index (χ4n) is 2.32. The summed E-state index contributed by atoms with van der Waals surface area (Å²) < 4.78 is 4.70. The average molecular weight is 220 g/mol. The van der Waals surface area contributed by atoms with E-state index in [1.54, 1.807) is 0 Å². The number of methoxy groups -OCH3 is 1. The second kappa shape index (κ2) is 4.26. The molecule has 0 aromatic heterocycles. The maximum Gasteiger partial charge on any atom is 0.311 e. The van der Waals surface area contributed by atoms with E-state index in [0.29, 0.717) is 6.42 Å². The van der Waals surface area contributed by atoms with Gasteiger partial charge in [0, 0.05) is 0 Å². The van der Waals surface area contributed by atoms with E-state index in [1.807, 2.05) is 19.1 Å². The quantitative estimate of drug-likeness (QED) is 0.734. The van der Waals surface area contributed by atoms with Crippen molar-refractivity contribution in [3.63, 3.8) is 0 Å². The molecule has 0 spiro atoms. The summed E-state index contributed by atoms with van der Waals surface area (Å²) in [5.41, 5.74) is 3.20. The minimum Gasteiger partial charge on any atom is -0.469 e. The van der Waals surface area contributed by atoms with Crippen molar-refractivity contribution in [3.05, 3.63) is 34.9 Å². The summed E-state index contributed by atoms with van der Waals surface area (Å²) >= 11 is 0. The SMILES string of the molecule is COC(=O)C1CCc2cc(C)ccc2C1O. The molecule has 2 unspecified atom stereocenters. The van der Waals surface area contributed by atoms with Crippen LogP contribution < -0.4 is 0 Å². The van der Waals surface area contributed by atoms with Crippen LogP contribution in [0.5, 0.6) is 0 Å². The molecule has 2 atom stereocenters. The lowest BCUT2D eigenvalue weighted by molar-refractivity contribution is -0.150. The number of hydrogen-bond acceptors (Lipinski definition) is 3. The molecule has 1 aromatic rings. The zero-order valence-corrected chi connectivity index (χ0v) is 9.56. The number of rotatable bonds is 1. The molecule has 3 nitrogen and oxygen atoms in total. The number of carbonyl (C=O) groups is 1. The molecular weight excluding hydrogens is 204 g/mol. The number of aliphatic hydroxyl groups is 1. The number of aliphatic hydroxyl groups excluding tert-OH is 1. The number of benzene rings is 1. The fourth-order valence-corrected chi connectivity index (χ4v) is 2.32. The Morgan fingerprint density at radius 1 is 1.50 bits per heavy atom. The van der Waals surface area contributed by atoms with Gasteiger partial charge >= 0.3 is 5.97 Å². The Balaban J connectivity index is 2.32. The number of fused-ring (bicyclic) bond motifs is 1. The van der Waals surface area contributed by atoms with Gasteiger partial charge in [0.15, 0.2) is 0 Å². The van der Waals surface area contributed by atoms with E-state index in [-0.39, 0.29) is 5.97 Å². The molecule has 1 aromatic carbocycles. The zero-order valence-electron chi connectivity index (χ0n) is 9.56.